The van der Waals surface area contributed by atoms with Crippen LogP contribution in [0.4, 0.5) is 5.69 Å². The first-order valence-corrected chi connectivity index (χ1v) is 12.4. The van der Waals surface area contributed by atoms with Crippen LogP contribution in [0.15, 0.2) is 82.3 Å². The number of sulfonamides is 1. The van der Waals surface area contributed by atoms with Crippen LogP contribution in [-0.4, -0.2) is 45.4 Å². The van der Waals surface area contributed by atoms with Crippen LogP contribution in [0, 0.1) is 0 Å². The van der Waals surface area contributed by atoms with Crippen LogP contribution in [0.5, 0.6) is 0 Å². The first-order chi connectivity index (χ1) is 15.9. The van der Waals surface area contributed by atoms with E-state index < -0.39 is 10.0 Å². The standard InChI is InChI=1S/C24H24ClN3O4S/c25-20-6-8-21(9-7-20)27-13-15-28(16-14-27)24(29)12-5-19-3-10-23(11-4-19)33(30,31)26-18-22-2-1-17-32-22/h1-12,17,26H,13-16,18H2/b12-5+. The van der Waals surface area contributed by atoms with Gasteiger partial charge >= 0.3 is 0 Å². The van der Waals surface area contributed by atoms with Gasteiger partial charge in [-0.2, -0.15) is 0 Å². The molecule has 1 saturated heterocycles. The van der Waals surface area contributed by atoms with Crippen molar-refractivity contribution in [3.05, 3.63) is 89.3 Å². The fourth-order valence-corrected chi connectivity index (χ4v) is 4.65. The van der Waals surface area contributed by atoms with Crippen molar-refractivity contribution in [2.24, 2.45) is 0 Å². The molecule has 9 heteroatoms. The molecule has 0 spiro atoms. The Labute approximate surface area is 198 Å². The molecule has 0 atom stereocenters. The Morgan fingerprint density at radius 1 is 1.00 bits per heavy atom. The van der Waals surface area contributed by atoms with Gasteiger partial charge in [-0.3, -0.25) is 4.79 Å². The first kappa shape index (κ1) is 23.1. The SMILES string of the molecule is O=C(/C=C/c1ccc(S(=O)(=O)NCc2ccco2)cc1)N1CCN(c2ccc(Cl)cc2)CC1. The average Bonchev–Trinajstić information content (AvgIpc) is 3.36. The number of halogens is 1. The second kappa shape index (κ2) is 10.2. The maximum atomic E-state index is 12.6. The summed E-state index contributed by atoms with van der Waals surface area (Å²) in [5.41, 5.74) is 1.84. The third-order valence-corrected chi connectivity index (χ3v) is 7.08. The molecule has 2 aromatic carbocycles. The lowest BCUT2D eigenvalue weighted by Crippen LogP contribution is -2.48. The van der Waals surface area contributed by atoms with Gasteiger partial charge in [-0.1, -0.05) is 23.7 Å². The molecule has 0 radical (unpaired) electrons. The minimum absolute atomic E-state index is 0.0671. The van der Waals surface area contributed by atoms with Crippen molar-refractivity contribution in [1.82, 2.24) is 9.62 Å². The largest absolute Gasteiger partial charge is 0.468 e. The molecule has 0 aliphatic carbocycles. The highest BCUT2D eigenvalue weighted by Crippen LogP contribution is 2.20. The summed E-state index contributed by atoms with van der Waals surface area (Å²) in [6.07, 6.45) is 4.71. The predicted molar refractivity (Wildman–Crippen MR) is 128 cm³/mol. The van der Waals surface area contributed by atoms with Gasteiger partial charge in [0.15, 0.2) is 0 Å². The topological polar surface area (TPSA) is 82.9 Å². The summed E-state index contributed by atoms with van der Waals surface area (Å²) >= 11 is 5.95. The lowest BCUT2D eigenvalue weighted by molar-refractivity contribution is -0.126. The first-order valence-electron chi connectivity index (χ1n) is 10.5. The Morgan fingerprint density at radius 3 is 2.33 bits per heavy atom. The minimum atomic E-state index is -3.65. The van der Waals surface area contributed by atoms with E-state index >= 15 is 0 Å². The van der Waals surface area contributed by atoms with Crippen LogP contribution >= 0.6 is 11.6 Å². The number of rotatable bonds is 7. The molecular formula is C24H24ClN3O4S. The molecule has 0 saturated carbocycles. The van der Waals surface area contributed by atoms with E-state index in [1.807, 2.05) is 24.3 Å². The maximum absolute atomic E-state index is 12.6. The average molecular weight is 486 g/mol. The molecular weight excluding hydrogens is 462 g/mol. The van der Waals surface area contributed by atoms with Gasteiger partial charge in [0.05, 0.1) is 17.7 Å². The Bertz CT molecular complexity index is 1200. The van der Waals surface area contributed by atoms with Gasteiger partial charge in [0.2, 0.25) is 15.9 Å². The molecule has 3 aromatic rings. The monoisotopic (exact) mass is 485 g/mol. The van der Waals surface area contributed by atoms with Crippen molar-refractivity contribution in [3.8, 4) is 0 Å². The molecule has 172 valence electrons. The van der Waals surface area contributed by atoms with Gasteiger partial charge in [-0.05, 0) is 60.2 Å². The molecule has 4 rings (SSSR count). The smallest absolute Gasteiger partial charge is 0.246 e. The molecule has 33 heavy (non-hydrogen) atoms. The highest BCUT2D eigenvalue weighted by Gasteiger charge is 2.20. The number of hydrogen-bond donors (Lipinski definition) is 1. The van der Waals surface area contributed by atoms with E-state index in [1.165, 1.54) is 24.5 Å². The fraction of sp³-hybridized carbons (Fsp3) is 0.208. The molecule has 1 fully saturated rings. The number of carbonyl (C=O) groups excluding carboxylic acids is 1. The second-order valence-electron chi connectivity index (χ2n) is 7.60. The molecule has 0 bridgehead atoms. The second-order valence-corrected chi connectivity index (χ2v) is 9.80. The van der Waals surface area contributed by atoms with Crippen molar-refractivity contribution in [2.45, 2.75) is 11.4 Å². The van der Waals surface area contributed by atoms with E-state index in [0.717, 1.165) is 24.3 Å². The van der Waals surface area contributed by atoms with Gasteiger partial charge < -0.3 is 14.2 Å². The Kier molecular flexibility index (Phi) is 7.17. The zero-order valence-electron chi connectivity index (χ0n) is 17.9. The van der Waals surface area contributed by atoms with E-state index in [4.69, 9.17) is 16.0 Å². The Morgan fingerprint density at radius 2 is 1.70 bits per heavy atom. The number of carbonyl (C=O) groups is 1. The van der Waals surface area contributed by atoms with E-state index in [1.54, 1.807) is 35.2 Å². The third-order valence-electron chi connectivity index (χ3n) is 5.41. The van der Waals surface area contributed by atoms with Gasteiger partial charge in [-0.15, -0.1) is 0 Å². The van der Waals surface area contributed by atoms with E-state index in [2.05, 4.69) is 9.62 Å². The minimum Gasteiger partial charge on any atom is -0.468 e. The lowest BCUT2D eigenvalue weighted by Gasteiger charge is -2.35. The van der Waals surface area contributed by atoms with Crippen LogP contribution in [0.3, 0.4) is 0 Å². The van der Waals surface area contributed by atoms with Gasteiger partial charge in [0, 0.05) is 43.0 Å². The molecule has 1 aliphatic rings. The zero-order valence-corrected chi connectivity index (χ0v) is 19.4. The quantitative estimate of drug-likeness (QED) is 0.515. The molecule has 1 aromatic heterocycles. The molecule has 0 unspecified atom stereocenters. The highest BCUT2D eigenvalue weighted by atomic mass is 35.5. The summed E-state index contributed by atoms with van der Waals surface area (Å²) in [6.45, 7) is 2.84. The van der Waals surface area contributed by atoms with E-state index in [9.17, 15) is 13.2 Å². The summed E-state index contributed by atoms with van der Waals surface area (Å²) in [5.74, 6) is 0.466. The number of amides is 1. The number of nitrogens with one attached hydrogen (secondary N) is 1. The van der Waals surface area contributed by atoms with Crippen molar-refractivity contribution < 1.29 is 17.6 Å². The van der Waals surface area contributed by atoms with Gasteiger partial charge in [-0.25, -0.2) is 13.1 Å². The summed E-state index contributed by atoms with van der Waals surface area (Å²) in [7, 11) is -3.65. The highest BCUT2D eigenvalue weighted by molar-refractivity contribution is 7.89. The van der Waals surface area contributed by atoms with Crippen molar-refractivity contribution >= 4 is 39.3 Å². The van der Waals surface area contributed by atoms with Crippen LogP contribution < -0.4 is 9.62 Å². The molecule has 7 nitrogen and oxygen atoms in total. The molecule has 2 heterocycles. The predicted octanol–water partition coefficient (Wildman–Crippen LogP) is 3.77. The summed E-state index contributed by atoms with van der Waals surface area (Å²) in [5, 5.41) is 0.702. The normalized spacial score (nSPS) is 14.7. The molecule has 1 amide bonds. The summed E-state index contributed by atoms with van der Waals surface area (Å²) in [6, 6.07) is 17.5. The Hall–Kier alpha value is -3.07. The number of piperazine rings is 1. The van der Waals surface area contributed by atoms with Crippen molar-refractivity contribution in [3.63, 3.8) is 0 Å². The number of benzene rings is 2. The number of furan rings is 1. The van der Waals surface area contributed by atoms with Crippen molar-refractivity contribution in [2.75, 3.05) is 31.1 Å². The fourth-order valence-electron chi connectivity index (χ4n) is 3.53. The molecule has 1 aliphatic heterocycles. The zero-order chi connectivity index (χ0) is 23.3. The van der Waals surface area contributed by atoms with Crippen LogP contribution in [0.1, 0.15) is 11.3 Å². The Balaban J connectivity index is 1.29. The van der Waals surface area contributed by atoms with Gasteiger partial charge in [0.25, 0.3) is 0 Å². The third kappa shape index (κ3) is 6.04. The lowest BCUT2D eigenvalue weighted by atomic mass is 10.2. The maximum Gasteiger partial charge on any atom is 0.246 e. The number of anilines is 1. The molecule has 1 N–H and O–H groups in total. The van der Waals surface area contributed by atoms with E-state index in [0.29, 0.717) is 23.9 Å². The van der Waals surface area contributed by atoms with Crippen LogP contribution in [0.25, 0.3) is 6.08 Å². The summed E-state index contributed by atoms with van der Waals surface area (Å²) in [4.78, 5) is 16.8. The summed E-state index contributed by atoms with van der Waals surface area (Å²) < 4.78 is 32.5. The van der Waals surface area contributed by atoms with Gasteiger partial charge in [0.1, 0.15) is 5.76 Å². The van der Waals surface area contributed by atoms with Crippen LogP contribution in [0.2, 0.25) is 5.02 Å². The van der Waals surface area contributed by atoms with E-state index in [-0.39, 0.29) is 17.3 Å². The van der Waals surface area contributed by atoms with Crippen LogP contribution in [-0.2, 0) is 21.4 Å². The number of hydrogen-bond acceptors (Lipinski definition) is 5. The van der Waals surface area contributed by atoms with Crippen molar-refractivity contribution in [1.29, 1.82) is 0 Å². The number of nitrogens with zero attached hydrogens (tertiary/aromatic N) is 2.